The molecule has 0 aromatic carbocycles. The van der Waals surface area contributed by atoms with Crippen molar-refractivity contribution in [2.75, 3.05) is 0 Å². The number of H-pyrrole nitrogens is 1. The number of aromatic amines is 1. The fraction of sp³-hybridized carbons (Fsp3) is 0.333. The summed E-state index contributed by atoms with van der Waals surface area (Å²) in [5.41, 5.74) is 1.34. The van der Waals surface area contributed by atoms with E-state index in [0.29, 0.717) is 12.2 Å². The van der Waals surface area contributed by atoms with Gasteiger partial charge in [-0.15, -0.1) is 11.3 Å². The van der Waals surface area contributed by atoms with Crippen molar-refractivity contribution in [3.8, 4) is 0 Å². The number of rotatable bonds is 4. The minimum absolute atomic E-state index is 0.181. The van der Waals surface area contributed by atoms with Crippen molar-refractivity contribution in [2.45, 2.75) is 26.3 Å². The van der Waals surface area contributed by atoms with Gasteiger partial charge in [-0.2, -0.15) is 5.10 Å². The van der Waals surface area contributed by atoms with Crippen LogP contribution in [0.1, 0.15) is 40.8 Å². The summed E-state index contributed by atoms with van der Waals surface area (Å²) in [7, 11) is 0. The maximum Gasteiger partial charge on any atom is 0.273 e. The number of nitrogens with one attached hydrogen (secondary N) is 2. The molecule has 2 aromatic rings. The van der Waals surface area contributed by atoms with E-state index in [0.717, 1.165) is 19.5 Å². The quantitative estimate of drug-likeness (QED) is 0.804. The highest BCUT2D eigenvalue weighted by atomic mass is 79.9. The molecule has 0 spiro atoms. The Balaban J connectivity index is 2.04. The van der Waals surface area contributed by atoms with Crippen molar-refractivity contribution in [3.63, 3.8) is 0 Å². The molecule has 1 amide bonds. The molecule has 0 aliphatic heterocycles. The predicted molar refractivity (Wildman–Crippen MR) is 83.6 cm³/mol. The third-order valence-corrected chi connectivity index (χ3v) is 5.07. The standard InChI is InChI=1S/C12H13Br2N3OS/c1-6(2)10-9(14)11(17-16-10)12(18)15-4-8-3-7(13)5-19-8/h3,5-6H,4H2,1-2H3,(H,15,18)(H,16,17). The van der Waals surface area contributed by atoms with Gasteiger partial charge in [-0.3, -0.25) is 9.89 Å². The summed E-state index contributed by atoms with van der Waals surface area (Å²) < 4.78 is 1.78. The van der Waals surface area contributed by atoms with Gasteiger partial charge in [-0.1, -0.05) is 13.8 Å². The summed E-state index contributed by atoms with van der Waals surface area (Å²) in [5, 5.41) is 11.8. The summed E-state index contributed by atoms with van der Waals surface area (Å²) >= 11 is 8.41. The Kier molecular flexibility index (Phi) is 4.81. The minimum Gasteiger partial charge on any atom is -0.346 e. The normalized spacial score (nSPS) is 11.0. The number of hydrogen-bond acceptors (Lipinski definition) is 3. The molecule has 0 fully saturated rings. The van der Waals surface area contributed by atoms with Gasteiger partial charge in [-0.05, 0) is 43.8 Å². The Labute approximate surface area is 132 Å². The third-order valence-electron chi connectivity index (χ3n) is 2.57. The summed E-state index contributed by atoms with van der Waals surface area (Å²) in [6.07, 6.45) is 0. The van der Waals surface area contributed by atoms with Crippen molar-refractivity contribution >= 4 is 49.1 Å². The van der Waals surface area contributed by atoms with E-state index in [1.807, 2.05) is 25.3 Å². The lowest BCUT2D eigenvalue weighted by Crippen LogP contribution is -2.23. The Hall–Kier alpha value is -0.660. The zero-order valence-corrected chi connectivity index (χ0v) is 14.4. The summed E-state index contributed by atoms with van der Waals surface area (Å²) in [5.74, 6) is 0.108. The van der Waals surface area contributed by atoms with Crippen molar-refractivity contribution < 1.29 is 4.79 Å². The van der Waals surface area contributed by atoms with E-state index in [2.05, 4.69) is 47.4 Å². The van der Waals surface area contributed by atoms with Crippen molar-refractivity contribution in [3.05, 3.63) is 36.7 Å². The first-order valence-electron chi connectivity index (χ1n) is 5.74. The van der Waals surface area contributed by atoms with Crippen LogP contribution in [0, 0.1) is 0 Å². The Morgan fingerprint density at radius 1 is 1.53 bits per heavy atom. The molecule has 4 nitrogen and oxygen atoms in total. The number of halogens is 2. The van der Waals surface area contributed by atoms with E-state index in [1.165, 1.54) is 0 Å². The fourth-order valence-electron chi connectivity index (χ4n) is 1.57. The third kappa shape index (κ3) is 3.46. The molecular formula is C12H13Br2N3OS. The molecule has 0 radical (unpaired) electrons. The number of carbonyl (C=O) groups excluding carboxylic acids is 1. The second-order valence-corrected chi connectivity index (χ2v) is 7.07. The molecule has 19 heavy (non-hydrogen) atoms. The SMILES string of the molecule is CC(C)c1[nH]nc(C(=O)NCc2cc(Br)cs2)c1Br. The summed E-state index contributed by atoms with van der Waals surface area (Å²) in [4.78, 5) is 13.1. The van der Waals surface area contributed by atoms with Crippen LogP contribution in [0.4, 0.5) is 0 Å². The van der Waals surface area contributed by atoms with Crippen LogP contribution in [0.2, 0.25) is 0 Å². The van der Waals surface area contributed by atoms with Gasteiger partial charge >= 0.3 is 0 Å². The Morgan fingerprint density at radius 3 is 2.79 bits per heavy atom. The fourth-order valence-corrected chi connectivity index (χ4v) is 3.78. The largest absolute Gasteiger partial charge is 0.346 e. The molecule has 2 heterocycles. The smallest absolute Gasteiger partial charge is 0.273 e. The van der Waals surface area contributed by atoms with Crippen LogP contribution in [0.5, 0.6) is 0 Å². The molecule has 2 rings (SSSR count). The first kappa shape index (κ1) is 14.7. The summed E-state index contributed by atoms with van der Waals surface area (Å²) in [6, 6.07) is 1.99. The average molecular weight is 407 g/mol. The minimum atomic E-state index is -0.181. The molecule has 0 aliphatic carbocycles. The highest BCUT2D eigenvalue weighted by Gasteiger charge is 2.19. The predicted octanol–water partition coefficient (Wildman–Crippen LogP) is 4.05. The molecule has 7 heteroatoms. The molecule has 0 unspecified atom stereocenters. The first-order chi connectivity index (χ1) is 8.99. The number of hydrogen-bond donors (Lipinski definition) is 2. The van der Waals surface area contributed by atoms with Crippen LogP contribution in [-0.2, 0) is 6.54 Å². The van der Waals surface area contributed by atoms with Gasteiger partial charge in [0, 0.05) is 14.7 Å². The van der Waals surface area contributed by atoms with E-state index in [4.69, 9.17) is 0 Å². The first-order valence-corrected chi connectivity index (χ1v) is 8.20. The van der Waals surface area contributed by atoms with E-state index >= 15 is 0 Å². The molecule has 2 N–H and O–H groups in total. The number of thiophene rings is 1. The van der Waals surface area contributed by atoms with Gasteiger partial charge in [0.05, 0.1) is 16.7 Å². The van der Waals surface area contributed by atoms with Gasteiger partial charge < -0.3 is 5.32 Å². The second-order valence-electron chi connectivity index (χ2n) is 4.37. The van der Waals surface area contributed by atoms with Crippen LogP contribution >= 0.6 is 43.2 Å². The van der Waals surface area contributed by atoms with E-state index < -0.39 is 0 Å². The maximum absolute atomic E-state index is 12.1. The average Bonchev–Trinajstić information content (AvgIpc) is 2.92. The van der Waals surface area contributed by atoms with Crippen LogP contribution in [0.3, 0.4) is 0 Å². The zero-order valence-electron chi connectivity index (χ0n) is 10.5. The summed E-state index contributed by atoms with van der Waals surface area (Å²) in [6.45, 7) is 4.59. The second kappa shape index (κ2) is 6.19. The lowest BCUT2D eigenvalue weighted by Gasteiger charge is -2.03. The van der Waals surface area contributed by atoms with Crippen molar-refractivity contribution in [1.82, 2.24) is 15.5 Å². The number of carbonyl (C=O) groups is 1. The van der Waals surface area contributed by atoms with E-state index in [9.17, 15) is 4.79 Å². The van der Waals surface area contributed by atoms with E-state index in [-0.39, 0.29) is 11.8 Å². The Bertz CT molecular complexity index is 592. The van der Waals surface area contributed by atoms with Crippen LogP contribution in [0.25, 0.3) is 0 Å². The van der Waals surface area contributed by atoms with Crippen molar-refractivity contribution in [2.24, 2.45) is 0 Å². The number of aromatic nitrogens is 2. The van der Waals surface area contributed by atoms with Gasteiger partial charge in [0.25, 0.3) is 5.91 Å². The topological polar surface area (TPSA) is 57.8 Å². The van der Waals surface area contributed by atoms with Gasteiger partial charge in [0.15, 0.2) is 5.69 Å². The molecule has 0 aliphatic rings. The van der Waals surface area contributed by atoms with Crippen molar-refractivity contribution in [1.29, 1.82) is 0 Å². The zero-order chi connectivity index (χ0) is 14.0. The van der Waals surface area contributed by atoms with Crippen LogP contribution in [0.15, 0.2) is 20.4 Å². The molecule has 0 saturated heterocycles. The van der Waals surface area contributed by atoms with Crippen LogP contribution < -0.4 is 5.32 Å². The number of nitrogens with zero attached hydrogens (tertiary/aromatic N) is 1. The highest BCUT2D eigenvalue weighted by molar-refractivity contribution is 9.10. The Morgan fingerprint density at radius 2 is 2.26 bits per heavy atom. The van der Waals surface area contributed by atoms with Gasteiger partial charge in [0.2, 0.25) is 0 Å². The van der Waals surface area contributed by atoms with Gasteiger partial charge in [0.1, 0.15) is 0 Å². The van der Waals surface area contributed by atoms with E-state index in [1.54, 1.807) is 11.3 Å². The molecule has 2 aromatic heterocycles. The maximum atomic E-state index is 12.1. The molecule has 0 atom stereocenters. The van der Waals surface area contributed by atoms with Crippen LogP contribution in [-0.4, -0.2) is 16.1 Å². The molecule has 0 saturated carbocycles. The molecular weight excluding hydrogens is 394 g/mol. The molecule has 102 valence electrons. The van der Waals surface area contributed by atoms with Gasteiger partial charge in [-0.25, -0.2) is 0 Å². The highest BCUT2D eigenvalue weighted by Crippen LogP contribution is 2.25. The monoisotopic (exact) mass is 405 g/mol. The number of amides is 1. The molecule has 0 bridgehead atoms. The lowest BCUT2D eigenvalue weighted by atomic mass is 10.1. The lowest BCUT2D eigenvalue weighted by molar-refractivity contribution is 0.0945.